The molecule has 0 radical (unpaired) electrons. The van der Waals surface area contributed by atoms with E-state index in [1.807, 2.05) is 78.5 Å². The summed E-state index contributed by atoms with van der Waals surface area (Å²) < 4.78 is 1.87. The standard InChI is InChI=1S/C19H17N5/c1-14-19(22-18-10-6-5-9-17(18)21-14)20-13-15-11-12-24(23-15)16-7-3-2-4-8-16/h2-12H,13H2,1H3,(H,20,22). The van der Waals surface area contributed by atoms with Crippen LogP contribution >= 0.6 is 0 Å². The van der Waals surface area contributed by atoms with Gasteiger partial charge in [0.05, 0.1) is 34.7 Å². The lowest BCUT2D eigenvalue weighted by atomic mass is 10.3. The smallest absolute Gasteiger partial charge is 0.148 e. The van der Waals surface area contributed by atoms with Crippen molar-refractivity contribution in [3.05, 3.63) is 78.2 Å². The fraction of sp³-hybridized carbons (Fsp3) is 0.105. The lowest BCUT2D eigenvalue weighted by Crippen LogP contribution is -2.06. The number of fused-ring (bicyclic) bond motifs is 1. The fourth-order valence-corrected chi connectivity index (χ4v) is 2.61. The largest absolute Gasteiger partial charge is 0.363 e. The summed E-state index contributed by atoms with van der Waals surface area (Å²) >= 11 is 0. The van der Waals surface area contributed by atoms with Crippen LogP contribution in [0.4, 0.5) is 5.82 Å². The highest BCUT2D eigenvalue weighted by Crippen LogP contribution is 2.16. The second-order valence-corrected chi connectivity index (χ2v) is 5.59. The monoisotopic (exact) mass is 315 g/mol. The Morgan fingerprint density at radius 2 is 1.58 bits per heavy atom. The zero-order valence-corrected chi connectivity index (χ0v) is 13.3. The van der Waals surface area contributed by atoms with Crippen molar-refractivity contribution in [1.82, 2.24) is 19.7 Å². The van der Waals surface area contributed by atoms with Crippen molar-refractivity contribution in [3.8, 4) is 5.69 Å². The summed E-state index contributed by atoms with van der Waals surface area (Å²) in [6.07, 6.45) is 1.96. The summed E-state index contributed by atoms with van der Waals surface area (Å²) in [5, 5.41) is 7.93. The van der Waals surface area contributed by atoms with E-state index in [1.165, 1.54) is 0 Å². The molecule has 2 aromatic heterocycles. The van der Waals surface area contributed by atoms with Gasteiger partial charge in [0.25, 0.3) is 0 Å². The minimum Gasteiger partial charge on any atom is -0.363 e. The van der Waals surface area contributed by atoms with E-state index in [-0.39, 0.29) is 0 Å². The molecule has 0 atom stereocenters. The summed E-state index contributed by atoms with van der Waals surface area (Å²) in [4.78, 5) is 9.24. The normalized spacial score (nSPS) is 10.9. The maximum absolute atomic E-state index is 4.65. The Bertz CT molecular complexity index is 975. The third-order valence-electron chi connectivity index (χ3n) is 3.85. The second-order valence-electron chi connectivity index (χ2n) is 5.59. The molecule has 1 N–H and O–H groups in total. The number of hydrogen-bond donors (Lipinski definition) is 1. The number of benzene rings is 2. The first-order valence-electron chi connectivity index (χ1n) is 7.87. The molecule has 0 fully saturated rings. The maximum atomic E-state index is 4.65. The van der Waals surface area contributed by atoms with Gasteiger partial charge in [0, 0.05) is 6.20 Å². The quantitative estimate of drug-likeness (QED) is 0.623. The van der Waals surface area contributed by atoms with Crippen molar-refractivity contribution >= 4 is 16.9 Å². The Hall–Kier alpha value is -3.21. The van der Waals surface area contributed by atoms with E-state index < -0.39 is 0 Å². The number of para-hydroxylation sites is 3. The van der Waals surface area contributed by atoms with Crippen molar-refractivity contribution in [2.45, 2.75) is 13.5 Å². The first-order chi connectivity index (χ1) is 11.8. The van der Waals surface area contributed by atoms with E-state index in [4.69, 9.17) is 0 Å². The average Bonchev–Trinajstić information content (AvgIpc) is 3.10. The van der Waals surface area contributed by atoms with Crippen LogP contribution in [-0.2, 0) is 6.54 Å². The summed E-state index contributed by atoms with van der Waals surface area (Å²) in [6, 6.07) is 20.0. The van der Waals surface area contributed by atoms with E-state index in [2.05, 4.69) is 20.4 Å². The highest BCUT2D eigenvalue weighted by molar-refractivity contribution is 5.76. The van der Waals surface area contributed by atoms with E-state index in [9.17, 15) is 0 Å². The van der Waals surface area contributed by atoms with Crippen LogP contribution in [0.3, 0.4) is 0 Å². The SMILES string of the molecule is Cc1nc2ccccc2nc1NCc1ccn(-c2ccccc2)n1. The van der Waals surface area contributed by atoms with Gasteiger partial charge < -0.3 is 5.32 Å². The Morgan fingerprint density at radius 1 is 0.875 bits per heavy atom. The van der Waals surface area contributed by atoms with Crippen LogP contribution in [0.1, 0.15) is 11.4 Å². The highest BCUT2D eigenvalue weighted by atomic mass is 15.3. The molecule has 5 heteroatoms. The van der Waals surface area contributed by atoms with Crippen LogP contribution in [0.15, 0.2) is 66.9 Å². The van der Waals surface area contributed by atoms with E-state index in [0.717, 1.165) is 33.9 Å². The molecule has 0 aliphatic carbocycles. The van der Waals surface area contributed by atoms with Crippen molar-refractivity contribution in [2.75, 3.05) is 5.32 Å². The molecular formula is C19H17N5. The van der Waals surface area contributed by atoms with Gasteiger partial charge in [-0.15, -0.1) is 0 Å². The van der Waals surface area contributed by atoms with Crippen molar-refractivity contribution in [3.63, 3.8) is 0 Å². The maximum Gasteiger partial charge on any atom is 0.148 e. The summed E-state index contributed by atoms with van der Waals surface area (Å²) in [7, 11) is 0. The minimum absolute atomic E-state index is 0.605. The fourth-order valence-electron chi connectivity index (χ4n) is 2.61. The molecule has 0 bridgehead atoms. The van der Waals surface area contributed by atoms with Gasteiger partial charge in [-0.05, 0) is 37.3 Å². The van der Waals surface area contributed by atoms with Gasteiger partial charge in [-0.1, -0.05) is 30.3 Å². The Balaban J connectivity index is 1.53. The third kappa shape index (κ3) is 2.84. The van der Waals surface area contributed by atoms with Crippen LogP contribution in [-0.4, -0.2) is 19.7 Å². The number of rotatable bonds is 4. The van der Waals surface area contributed by atoms with Gasteiger partial charge in [-0.25, -0.2) is 14.6 Å². The van der Waals surface area contributed by atoms with Gasteiger partial charge in [-0.3, -0.25) is 0 Å². The molecule has 0 unspecified atom stereocenters. The second kappa shape index (κ2) is 6.12. The first-order valence-corrected chi connectivity index (χ1v) is 7.87. The Labute approximate surface area is 140 Å². The van der Waals surface area contributed by atoms with Crippen LogP contribution in [0.2, 0.25) is 0 Å². The van der Waals surface area contributed by atoms with Gasteiger partial charge in [0.1, 0.15) is 5.82 Å². The molecule has 0 saturated carbocycles. The predicted octanol–water partition coefficient (Wildman–Crippen LogP) is 3.74. The first kappa shape index (κ1) is 14.4. The number of aromatic nitrogens is 4. The molecule has 0 aliphatic heterocycles. The summed E-state index contributed by atoms with van der Waals surface area (Å²) in [6.45, 7) is 2.57. The molecule has 2 heterocycles. The summed E-state index contributed by atoms with van der Waals surface area (Å²) in [5.41, 5.74) is 4.68. The molecule has 4 rings (SSSR count). The van der Waals surface area contributed by atoms with Crippen molar-refractivity contribution in [2.24, 2.45) is 0 Å². The summed E-state index contributed by atoms with van der Waals surface area (Å²) in [5.74, 6) is 0.794. The number of aryl methyl sites for hydroxylation is 1. The topological polar surface area (TPSA) is 55.6 Å². The van der Waals surface area contributed by atoms with Crippen LogP contribution in [0, 0.1) is 6.92 Å². The van der Waals surface area contributed by atoms with Crippen molar-refractivity contribution < 1.29 is 0 Å². The molecule has 24 heavy (non-hydrogen) atoms. The molecule has 0 amide bonds. The minimum atomic E-state index is 0.605. The van der Waals surface area contributed by atoms with E-state index in [0.29, 0.717) is 6.54 Å². The number of nitrogens with one attached hydrogen (secondary N) is 1. The molecule has 0 spiro atoms. The van der Waals surface area contributed by atoms with Crippen LogP contribution < -0.4 is 5.32 Å². The van der Waals surface area contributed by atoms with Crippen LogP contribution in [0.25, 0.3) is 16.7 Å². The lowest BCUT2D eigenvalue weighted by Gasteiger charge is -2.08. The zero-order valence-electron chi connectivity index (χ0n) is 13.3. The van der Waals surface area contributed by atoms with Gasteiger partial charge in [-0.2, -0.15) is 5.10 Å². The molecule has 118 valence electrons. The highest BCUT2D eigenvalue weighted by Gasteiger charge is 2.06. The van der Waals surface area contributed by atoms with Crippen molar-refractivity contribution in [1.29, 1.82) is 0 Å². The predicted molar refractivity (Wildman–Crippen MR) is 95.2 cm³/mol. The number of anilines is 1. The molecule has 2 aromatic carbocycles. The number of nitrogens with zero attached hydrogens (tertiary/aromatic N) is 4. The Morgan fingerprint density at radius 3 is 2.38 bits per heavy atom. The zero-order chi connectivity index (χ0) is 16.4. The average molecular weight is 315 g/mol. The molecular weight excluding hydrogens is 298 g/mol. The van der Waals surface area contributed by atoms with Gasteiger partial charge in [0.2, 0.25) is 0 Å². The lowest BCUT2D eigenvalue weighted by molar-refractivity contribution is 0.842. The molecule has 0 aliphatic rings. The van der Waals surface area contributed by atoms with Crippen LogP contribution in [0.5, 0.6) is 0 Å². The third-order valence-corrected chi connectivity index (χ3v) is 3.85. The van der Waals surface area contributed by atoms with Gasteiger partial charge in [0.15, 0.2) is 0 Å². The Kier molecular flexibility index (Phi) is 3.67. The van der Waals surface area contributed by atoms with Gasteiger partial charge >= 0.3 is 0 Å². The number of hydrogen-bond acceptors (Lipinski definition) is 4. The molecule has 5 nitrogen and oxygen atoms in total. The van der Waals surface area contributed by atoms with E-state index >= 15 is 0 Å². The molecule has 4 aromatic rings. The molecule has 0 saturated heterocycles. The van der Waals surface area contributed by atoms with E-state index in [1.54, 1.807) is 0 Å².